The number of carbonyl (C=O) groups excluding carboxylic acids is 1. The number of carbonyl (C=O) groups is 1. The van der Waals surface area contributed by atoms with Gasteiger partial charge in [-0.25, -0.2) is 19.2 Å². The molecule has 0 unspecified atom stereocenters. The van der Waals surface area contributed by atoms with Crippen LogP contribution in [0.15, 0.2) is 18.3 Å². The normalized spacial score (nSPS) is 20.0. The topological polar surface area (TPSA) is 142 Å². The minimum atomic E-state index is -4.82. The van der Waals surface area contributed by atoms with Gasteiger partial charge in [0, 0.05) is 36.0 Å². The molecule has 0 spiro atoms. The molecular weight excluding hydrogens is 488 g/mol. The van der Waals surface area contributed by atoms with Crippen LogP contribution in [0, 0.1) is 11.3 Å². The molecule has 11 nitrogen and oxygen atoms in total. The highest BCUT2D eigenvalue weighted by molar-refractivity contribution is 5.67. The number of fused-ring (bicyclic) bond motifs is 1. The zero-order valence-corrected chi connectivity index (χ0v) is 19.1. The van der Waals surface area contributed by atoms with Gasteiger partial charge in [-0.3, -0.25) is 14.2 Å². The van der Waals surface area contributed by atoms with E-state index in [-0.39, 0.29) is 34.8 Å². The Morgan fingerprint density at radius 3 is 2.81 bits per heavy atom. The molecule has 0 aromatic carbocycles. The Bertz CT molecular complexity index is 1280. The molecule has 4 rings (SSSR count). The van der Waals surface area contributed by atoms with Gasteiger partial charge in [-0.1, -0.05) is 0 Å². The molecular formula is C21H22F4N8O3. The summed E-state index contributed by atoms with van der Waals surface area (Å²) in [4.78, 5) is 20.0. The third kappa shape index (κ3) is 5.82. The molecule has 1 aliphatic carbocycles. The number of nitrogens with one attached hydrogen (secondary N) is 3. The highest BCUT2D eigenvalue weighted by Crippen LogP contribution is 2.38. The number of aromatic amines is 1. The number of ether oxygens (including phenoxy) is 2. The maximum Gasteiger partial charge on any atom is 0.522 e. The summed E-state index contributed by atoms with van der Waals surface area (Å²) in [6.07, 6.45) is -5.82. The molecule has 3 aromatic rings. The number of aromatic nitrogens is 5. The number of halogens is 4. The lowest BCUT2D eigenvalue weighted by atomic mass is 10.0. The minimum absolute atomic E-state index is 0.0334. The third-order valence-corrected chi connectivity index (χ3v) is 5.41. The van der Waals surface area contributed by atoms with E-state index in [1.165, 1.54) is 16.7 Å². The molecule has 36 heavy (non-hydrogen) atoms. The average molecular weight is 510 g/mol. The van der Waals surface area contributed by atoms with Crippen molar-refractivity contribution in [3.05, 3.63) is 35.4 Å². The maximum atomic E-state index is 15.0. The van der Waals surface area contributed by atoms with E-state index >= 15 is 4.39 Å². The smallest absolute Gasteiger partial charge is 0.443 e. The van der Waals surface area contributed by atoms with Gasteiger partial charge in [0.15, 0.2) is 5.82 Å². The number of anilines is 2. The van der Waals surface area contributed by atoms with Crippen LogP contribution in [-0.2, 0) is 16.1 Å². The highest BCUT2D eigenvalue weighted by atomic mass is 19.4. The number of alkyl halides is 4. The molecule has 15 heteroatoms. The van der Waals surface area contributed by atoms with Gasteiger partial charge < -0.3 is 15.4 Å². The Balaban J connectivity index is 1.49. The molecule has 0 aliphatic heterocycles. The van der Waals surface area contributed by atoms with Gasteiger partial charge in [0.05, 0.1) is 12.3 Å². The lowest BCUT2D eigenvalue weighted by molar-refractivity contribution is -0.330. The van der Waals surface area contributed by atoms with Crippen LogP contribution in [0.25, 0.3) is 5.65 Å². The summed E-state index contributed by atoms with van der Waals surface area (Å²) in [5.41, 5.74) is 0.556. The number of rotatable bonds is 7. The second-order valence-electron chi connectivity index (χ2n) is 8.48. The second kappa shape index (κ2) is 9.97. The third-order valence-electron chi connectivity index (χ3n) is 5.41. The van der Waals surface area contributed by atoms with E-state index < -0.39 is 37.3 Å². The zero-order valence-electron chi connectivity index (χ0n) is 19.1. The van der Waals surface area contributed by atoms with Gasteiger partial charge >= 0.3 is 12.5 Å². The summed E-state index contributed by atoms with van der Waals surface area (Å²) in [5, 5.41) is 21.5. The monoisotopic (exact) mass is 510 g/mol. The molecule has 1 aliphatic rings. The molecule has 3 atom stereocenters. The Hall–Kier alpha value is -3.93. The van der Waals surface area contributed by atoms with Crippen LogP contribution in [0.2, 0.25) is 0 Å². The van der Waals surface area contributed by atoms with Crippen molar-refractivity contribution in [2.45, 2.75) is 63.9 Å². The van der Waals surface area contributed by atoms with Crippen LogP contribution < -0.4 is 10.6 Å². The Kier molecular flexibility index (Phi) is 6.97. The van der Waals surface area contributed by atoms with E-state index in [0.717, 1.165) is 0 Å². The summed E-state index contributed by atoms with van der Waals surface area (Å²) in [6.45, 7) is 2.71. The first-order valence-electron chi connectivity index (χ1n) is 11.0. The molecule has 1 saturated carbocycles. The van der Waals surface area contributed by atoms with E-state index in [4.69, 9.17) is 4.74 Å². The lowest BCUT2D eigenvalue weighted by Crippen LogP contribution is -2.36. The summed E-state index contributed by atoms with van der Waals surface area (Å²) in [7, 11) is 0. The van der Waals surface area contributed by atoms with Crippen molar-refractivity contribution in [2.75, 3.05) is 5.32 Å². The van der Waals surface area contributed by atoms with E-state index in [1.807, 2.05) is 6.07 Å². The number of alkyl carbamates (subject to hydrolysis) is 1. The number of imidazole rings is 1. The summed E-state index contributed by atoms with van der Waals surface area (Å²) in [6, 6.07) is 4.57. The van der Waals surface area contributed by atoms with Gasteiger partial charge in [0.25, 0.3) is 0 Å². The Morgan fingerprint density at radius 1 is 1.33 bits per heavy atom. The van der Waals surface area contributed by atoms with Crippen LogP contribution in [0.3, 0.4) is 0 Å². The van der Waals surface area contributed by atoms with E-state index in [1.54, 1.807) is 19.9 Å². The number of amides is 1. The molecule has 3 heterocycles. The molecule has 3 N–H and O–H groups in total. The molecule has 0 saturated heterocycles. The fourth-order valence-corrected chi connectivity index (χ4v) is 3.89. The summed E-state index contributed by atoms with van der Waals surface area (Å²) >= 11 is 0. The number of nitriles is 1. The largest absolute Gasteiger partial charge is 0.522 e. The fourth-order valence-electron chi connectivity index (χ4n) is 3.89. The fraction of sp³-hybridized carbons (Fsp3) is 0.476. The predicted molar refractivity (Wildman–Crippen MR) is 116 cm³/mol. The van der Waals surface area contributed by atoms with Crippen LogP contribution in [0.4, 0.5) is 34.1 Å². The molecule has 1 amide bonds. The quantitative estimate of drug-likeness (QED) is 0.407. The van der Waals surface area contributed by atoms with Crippen molar-refractivity contribution in [3.63, 3.8) is 0 Å². The van der Waals surface area contributed by atoms with Gasteiger partial charge in [0.1, 0.15) is 29.7 Å². The summed E-state index contributed by atoms with van der Waals surface area (Å²) in [5.74, 6) is -0.310. The molecule has 1 fully saturated rings. The molecule has 0 bridgehead atoms. The Morgan fingerprint density at radius 2 is 2.11 bits per heavy atom. The van der Waals surface area contributed by atoms with Crippen molar-refractivity contribution in [1.29, 1.82) is 5.26 Å². The van der Waals surface area contributed by atoms with Gasteiger partial charge in [0.2, 0.25) is 5.95 Å². The van der Waals surface area contributed by atoms with Crippen molar-refractivity contribution < 1.29 is 31.8 Å². The van der Waals surface area contributed by atoms with E-state index in [9.17, 15) is 23.2 Å². The first-order valence-corrected chi connectivity index (χ1v) is 11.0. The van der Waals surface area contributed by atoms with Gasteiger partial charge in [-0.2, -0.15) is 10.4 Å². The van der Waals surface area contributed by atoms with E-state index in [2.05, 4.69) is 35.5 Å². The highest BCUT2D eigenvalue weighted by Gasteiger charge is 2.41. The van der Waals surface area contributed by atoms with Crippen LogP contribution >= 0.6 is 0 Å². The molecule has 192 valence electrons. The van der Waals surface area contributed by atoms with Crippen molar-refractivity contribution in [2.24, 2.45) is 0 Å². The number of hydrogen-bond acceptors (Lipinski definition) is 8. The second-order valence-corrected chi connectivity index (χ2v) is 8.48. The predicted octanol–water partition coefficient (Wildman–Crippen LogP) is 3.82. The number of hydrogen-bond donors (Lipinski definition) is 3. The summed E-state index contributed by atoms with van der Waals surface area (Å²) < 4.78 is 62.5. The molecule has 0 radical (unpaired) electrons. The maximum absolute atomic E-state index is 15.0. The van der Waals surface area contributed by atoms with Crippen LogP contribution in [-0.4, -0.2) is 55.3 Å². The SMILES string of the molecule is CC(C)NC(=O)O[C@H]1CC[C@@H](c2cc(Nc3nc(C#N)cc4nc(COC(F)(F)F)cn34)n[nH]2)[C@@H]1F. The zero-order chi connectivity index (χ0) is 26.0. The first-order chi connectivity index (χ1) is 17.0. The van der Waals surface area contributed by atoms with Gasteiger partial charge in [-0.05, 0) is 26.7 Å². The number of H-pyrrole nitrogens is 1. The lowest BCUT2D eigenvalue weighted by Gasteiger charge is -2.18. The minimum Gasteiger partial charge on any atom is -0.443 e. The number of nitrogens with zero attached hydrogens (tertiary/aromatic N) is 5. The van der Waals surface area contributed by atoms with Gasteiger partial charge in [-0.15, -0.1) is 13.2 Å². The van der Waals surface area contributed by atoms with Crippen molar-refractivity contribution in [3.8, 4) is 6.07 Å². The standard InChI is InChI=1S/C21H22F4N8O3/c1-10(2)27-20(34)36-15-4-3-13(18(15)22)14-6-16(32-31-14)30-19-29-11(7-26)5-17-28-12(8-33(17)19)9-35-21(23,24)25/h5-6,8,10,13,15,18H,3-4,9H2,1-2H3,(H,27,34)(H2,29,30,31,32)/t13-,15-,18-/m0/s1. The van der Waals surface area contributed by atoms with Crippen LogP contribution in [0.1, 0.15) is 49.7 Å². The van der Waals surface area contributed by atoms with Crippen LogP contribution in [0.5, 0.6) is 0 Å². The first kappa shape index (κ1) is 25.2. The Labute approximate surface area is 201 Å². The van der Waals surface area contributed by atoms with Crippen molar-refractivity contribution >= 4 is 23.5 Å². The van der Waals surface area contributed by atoms with E-state index in [0.29, 0.717) is 18.5 Å². The average Bonchev–Trinajstić information content (AvgIpc) is 3.50. The van der Waals surface area contributed by atoms with Crippen molar-refractivity contribution in [1.82, 2.24) is 29.9 Å². The molecule has 3 aromatic heterocycles.